The Labute approximate surface area is 99.0 Å². The average molecular weight is 217 g/mol. The van der Waals surface area contributed by atoms with Crippen LogP contribution in [0, 0.1) is 0 Å². The van der Waals surface area contributed by atoms with E-state index in [-0.39, 0.29) is 0 Å². The van der Waals surface area contributed by atoms with E-state index in [9.17, 15) is 0 Å². The van der Waals surface area contributed by atoms with Crippen molar-refractivity contribution < 1.29 is 0 Å². The van der Waals surface area contributed by atoms with Gasteiger partial charge in [-0.15, -0.1) is 0 Å². The number of anilines is 1. The van der Waals surface area contributed by atoms with Crippen molar-refractivity contribution in [1.82, 2.24) is 0 Å². The van der Waals surface area contributed by atoms with Crippen molar-refractivity contribution in [3.8, 4) is 0 Å². The molecule has 0 bridgehead atoms. The third kappa shape index (κ3) is 2.23. The van der Waals surface area contributed by atoms with Crippen molar-refractivity contribution >= 4 is 5.69 Å². The first kappa shape index (κ1) is 11.5. The van der Waals surface area contributed by atoms with Crippen LogP contribution in [0.1, 0.15) is 57.4 Å². The lowest BCUT2D eigenvalue weighted by molar-refractivity contribution is 0.271. The van der Waals surface area contributed by atoms with E-state index in [4.69, 9.17) is 5.73 Å². The van der Waals surface area contributed by atoms with Gasteiger partial charge in [0.2, 0.25) is 0 Å². The van der Waals surface area contributed by atoms with Gasteiger partial charge in [0.1, 0.15) is 0 Å². The summed E-state index contributed by atoms with van der Waals surface area (Å²) in [6.45, 7) is 2.30. The Morgan fingerprint density at radius 2 is 1.69 bits per heavy atom. The summed E-state index contributed by atoms with van der Waals surface area (Å²) in [6.07, 6.45) is 9.55. The molecular weight excluding hydrogens is 194 g/mol. The Kier molecular flexibility index (Phi) is 3.52. The smallest absolute Gasteiger partial charge is 0.0314 e. The van der Waals surface area contributed by atoms with Gasteiger partial charge in [-0.2, -0.15) is 0 Å². The van der Waals surface area contributed by atoms with Crippen LogP contribution in [0.15, 0.2) is 24.3 Å². The molecule has 1 aromatic rings. The molecule has 1 aliphatic carbocycles. The molecule has 0 amide bonds. The van der Waals surface area contributed by atoms with Crippen LogP contribution < -0.4 is 5.73 Å². The highest BCUT2D eigenvalue weighted by Gasteiger charge is 2.32. The van der Waals surface area contributed by atoms with Crippen LogP contribution >= 0.6 is 0 Å². The van der Waals surface area contributed by atoms with E-state index in [0.29, 0.717) is 5.41 Å². The molecule has 0 unspecified atom stereocenters. The molecule has 0 aliphatic heterocycles. The fourth-order valence-electron chi connectivity index (χ4n) is 3.23. The number of nitrogen functional groups attached to an aromatic ring is 1. The zero-order valence-electron chi connectivity index (χ0n) is 10.3. The Balaban J connectivity index is 2.26. The minimum Gasteiger partial charge on any atom is -0.399 e. The SMILES string of the molecule is CCCC1(c2ccc(N)cc2)CCCCC1. The first-order valence-electron chi connectivity index (χ1n) is 6.63. The summed E-state index contributed by atoms with van der Waals surface area (Å²) in [7, 11) is 0. The number of nitrogens with two attached hydrogens (primary N) is 1. The molecule has 0 saturated heterocycles. The predicted molar refractivity (Wildman–Crippen MR) is 70.5 cm³/mol. The molecule has 0 spiro atoms. The highest BCUT2D eigenvalue weighted by atomic mass is 14.5. The molecule has 0 radical (unpaired) electrons. The maximum absolute atomic E-state index is 5.77. The van der Waals surface area contributed by atoms with Gasteiger partial charge in [-0.25, -0.2) is 0 Å². The largest absolute Gasteiger partial charge is 0.399 e. The third-order valence-electron chi connectivity index (χ3n) is 4.06. The molecule has 2 rings (SSSR count). The topological polar surface area (TPSA) is 26.0 Å². The Hall–Kier alpha value is -0.980. The molecule has 1 aromatic carbocycles. The summed E-state index contributed by atoms with van der Waals surface area (Å²) in [5.74, 6) is 0. The van der Waals surface area contributed by atoms with Gasteiger partial charge in [0.05, 0.1) is 0 Å². The zero-order valence-corrected chi connectivity index (χ0v) is 10.3. The summed E-state index contributed by atoms with van der Waals surface area (Å²) in [6, 6.07) is 8.61. The maximum Gasteiger partial charge on any atom is 0.0314 e. The Bertz CT molecular complexity index is 314. The Morgan fingerprint density at radius 3 is 2.25 bits per heavy atom. The molecule has 1 saturated carbocycles. The number of hydrogen-bond donors (Lipinski definition) is 1. The predicted octanol–water partition coefficient (Wildman–Crippen LogP) is 4.27. The van der Waals surface area contributed by atoms with Crippen molar-refractivity contribution in [2.75, 3.05) is 5.73 Å². The van der Waals surface area contributed by atoms with Gasteiger partial charge in [-0.1, -0.05) is 44.7 Å². The summed E-state index contributed by atoms with van der Waals surface area (Å²) < 4.78 is 0. The number of benzene rings is 1. The van der Waals surface area contributed by atoms with Gasteiger partial charge in [-0.05, 0) is 42.4 Å². The van der Waals surface area contributed by atoms with E-state index in [1.807, 2.05) is 0 Å². The monoisotopic (exact) mass is 217 g/mol. The lowest BCUT2D eigenvalue weighted by Gasteiger charge is -2.38. The van der Waals surface area contributed by atoms with Gasteiger partial charge >= 0.3 is 0 Å². The van der Waals surface area contributed by atoms with Crippen LogP contribution in [0.5, 0.6) is 0 Å². The van der Waals surface area contributed by atoms with Crippen molar-refractivity contribution in [2.45, 2.75) is 57.3 Å². The van der Waals surface area contributed by atoms with Gasteiger partial charge in [0.25, 0.3) is 0 Å². The van der Waals surface area contributed by atoms with Crippen molar-refractivity contribution in [3.05, 3.63) is 29.8 Å². The first-order chi connectivity index (χ1) is 7.77. The average Bonchev–Trinajstić information content (AvgIpc) is 2.31. The molecule has 0 heterocycles. The summed E-state index contributed by atoms with van der Waals surface area (Å²) >= 11 is 0. The van der Waals surface area contributed by atoms with E-state index in [2.05, 4.69) is 31.2 Å². The molecule has 0 aromatic heterocycles. The number of hydrogen-bond acceptors (Lipinski definition) is 1. The van der Waals surface area contributed by atoms with Crippen molar-refractivity contribution in [3.63, 3.8) is 0 Å². The van der Waals surface area contributed by atoms with Gasteiger partial charge in [0, 0.05) is 5.69 Å². The van der Waals surface area contributed by atoms with Crippen LogP contribution in [0.4, 0.5) is 5.69 Å². The lowest BCUT2D eigenvalue weighted by atomic mass is 9.67. The van der Waals surface area contributed by atoms with E-state index in [0.717, 1.165) is 5.69 Å². The molecule has 2 N–H and O–H groups in total. The van der Waals surface area contributed by atoms with Crippen LogP contribution in [0.25, 0.3) is 0 Å². The van der Waals surface area contributed by atoms with Crippen LogP contribution in [-0.2, 0) is 5.41 Å². The highest BCUT2D eigenvalue weighted by Crippen LogP contribution is 2.43. The molecule has 1 fully saturated rings. The lowest BCUT2D eigenvalue weighted by Crippen LogP contribution is -2.28. The molecule has 1 aliphatic rings. The third-order valence-corrected chi connectivity index (χ3v) is 4.06. The second-order valence-electron chi connectivity index (χ2n) is 5.21. The van der Waals surface area contributed by atoms with Crippen LogP contribution in [0.2, 0.25) is 0 Å². The zero-order chi connectivity index (χ0) is 11.4. The van der Waals surface area contributed by atoms with Gasteiger partial charge in [-0.3, -0.25) is 0 Å². The first-order valence-corrected chi connectivity index (χ1v) is 6.63. The fraction of sp³-hybridized carbons (Fsp3) is 0.600. The minimum atomic E-state index is 0.459. The summed E-state index contributed by atoms with van der Waals surface area (Å²) in [5, 5.41) is 0. The second kappa shape index (κ2) is 4.90. The van der Waals surface area contributed by atoms with E-state index >= 15 is 0 Å². The van der Waals surface area contributed by atoms with E-state index in [1.54, 1.807) is 0 Å². The van der Waals surface area contributed by atoms with Gasteiger partial charge in [0.15, 0.2) is 0 Å². The van der Waals surface area contributed by atoms with Gasteiger partial charge < -0.3 is 5.73 Å². The van der Waals surface area contributed by atoms with Crippen LogP contribution in [0.3, 0.4) is 0 Å². The van der Waals surface area contributed by atoms with Crippen molar-refractivity contribution in [2.24, 2.45) is 0 Å². The fourth-order valence-corrected chi connectivity index (χ4v) is 3.23. The summed E-state index contributed by atoms with van der Waals surface area (Å²) in [4.78, 5) is 0. The normalized spacial score (nSPS) is 19.6. The van der Waals surface area contributed by atoms with Crippen molar-refractivity contribution in [1.29, 1.82) is 0 Å². The maximum atomic E-state index is 5.77. The minimum absolute atomic E-state index is 0.459. The molecule has 0 atom stereocenters. The second-order valence-corrected chi connectivity index (χ2v) is 5.21. The summed E-state index contributed by atoms with van der Waals surface area (Å²) in [5.41, 5.74) is 8.63. The number of rotatable bonds is 3. The molecular formula is C15H23N. The molecule has 1 nitrogen and oxygen atoms in total. The van der Waals surface area contributed by atoms with E-state index in [1.165, 1.54) is 50.5 Å². The molecule has 88 valence electrons. The van der Waals surface area contributed by atoms with Crippen LogP contribution in [-0.4, -0.2) is 0 Å². The highest BCUT2D eigenvalue weighted by molar-refractivity contribution is 5.41. The molecule has 1 heteroatoms. The standard InChI is InChI=1S/C15H23N/c1-2-10-15(11-4-3-5-12-15)13-6-8-14(16)9-7-13/h6-9H,2-5,10-12,16H2,1H3. The quantitative estimate of drug-likeness (QED) is 0.752. The Morgan fingerprint density at radius 1 is 1.06 bits per heavy atom. The van der Waals surface area contributed by atoms with E-state index < -0.39 is 0 Å². The molecule has 16 heavy (non-hydrogen) atoms.